The smallest absolute Gasteiger partial charge is 0.274 e. The Morgan fingerprint density at radius 3 is 2.56 bits per heavy atom. The van der Waals surface area contributed by atoms with E-state index in [9.17, 15) is 4.79 Å². The predicted molar refractivity (Wildman–Crippen MR) is 132 cm³/mol. The Kier molecular flexibility index (Phi) is 6.54. The van der Waals surface area contributed by atoms with Gasteiger partial charge >= 0.3 is 0 Å². The molecule has 0 aliphatic rings. The van der Waals surface area contributed by atoms with Gasteiger partial charge in [0.05, 0.1) is 15.6 Å². The maximum Gasteiger partial charge on any atom is 0.274 e. The first kappa shape index (κ1) is 21.6. The van der Waals surface area contributed by atoms with Crippen LogP contribution in [-0.4, -0.2) is 20.9 Å². The SMILES string of the molecule is C=C/C=c1/nc(-c2ccccc2NC(=O)c2cc(Cl)nc(-c3ccccc3)n2)s/c1=C/C. The van der Waals surface area contributed by atoms with Crippen molar-refractivity contribution in [2.45, 2.75) is 6.92 Å². The molecule has 1 amide bonds. The molecule has 2 aromatic carbocycles. The Bertz CT molecular complexity index is 1410. The molecule has 7 heteroatoms. The van der Waals surface area contributed by atoms with E-state index in [4.69, 9.17) is 16.6 Å². The van der Waals surface area contributed by atoms with Gasteiger partial charge < -0.3 is 5.32 Å². The Morgan fingerprint density at radius 1 is 1.06 bits per heavy atom. The van der Waals surface area contributed by atoms with Crippen molar-refractivity contribution in [1.29, 1.82) is 0 Å². The zero-order chi connectivity index (χ0) is 22.5. The van der Waals surface area contributed by atoms with Gasteiger partial charge in [-0.1, -0.05) is 72.8 Å². The van der Waals surface area contributed by atoms with Gasteiger partial charge in [0.2, 0.25) is 0 Å². The molecule has 5 nitrogen and oxygen atoms in total. The molecule has 0 fully saturated rings. The van der Waals surface area contributed by atoms with Crippen molar-refractivity contribution in [3.63, 3.8) is 0 Å². The zero-order valence-corrected chi connectivity index (χ0v) is 18.8. The molecule has 0 radical (unpaired) electrons. The molecule has 0 saturated carbocycles. The lowest BCUT2D eigenvalue weighted by molar-refractivity contribution is 0.102. The largest absolute Gasteiger partial charge is 0.320 e. The summed E-state index contributed by atoms with van der Waals surface area (Å²) >= 11 is 7.73. The number of hydrogen-bond donors (Lipinski definition) is 1. The molecule has 4 rings (SSSR count). The lowest BCUT2D eigenvalue weighted by Crippen LogP contribution is -2.19. The third kappa shape index (κ3) is 4.66. The summed E-state index contributed by atoms with van der Waals surface area (Å²) in [6.07, 6.45) is 5.58. The molecule has 1 N–H and O–H groups in total. The summed E-state index contributed by atoms with van der Waals surface area (Å²) in [5.74, 6) is 0.0137. The van der Waals surface area contributed by atoms with Crippen LogP contribution in [0.15, 0.2) is 73.3 Å². The summed E-state index contributed by atoms with van der Waals surface area (Å²) in [6, 6.07) is 18.4. The predicted octanol–water partition coefficient (Wildman–Crippen LogP) is 4.94. The number of benzene rings is 2. The number of amides is 1. The number of nitrogens with zero attached hydrogens (tertiary/aromatic N) is 3. The van der Waals surface area contributed by atoms with Crippen LogP contribution in [-0.2, 0) is 0 Å². The summed E-state index contributed by atoms with van der Waals surface area (Å²) in [6.45, 7) is 5.72. The van der Waals surface area contributed by atoms with Crippen molar-refractivity contribution in [3.8, 4) is 22.0 Å². The van der Waals surface area contributed by atoms with E-state index in [0.717, 1.165) is 26.0 Å². The van der Waals surface area contributed by atoms with Crippen LogP contribution in [0.4, 0.5) is 5.69 Å². The minimum Gasteiger partial charge on any atom is -0.320 e. The van der Waals surface area contributed by atoms with Gasteiger partial charge in [-0.05, 0) is 25.1 Å². The molecule has 0 spiro atoms. The maximum absolute atomic E-state index is 13.1. The second-order valence-corrected chi connectivity index (χ2v) is 8.14. The van der Waals surface area contributed by atoms with Crippen LogP contribution in [0.25, 0.3) is 34.1 Å². The number of nitrogens with one attached hydrogen (secondary N) is 1. The number of aromatic nitrogens is 3. The van der Waals surface area contributed by atoms with Crippen LogP contribution < -0.4 is 15.2 Å². The highest BCUT2D eigenvalue weighted by atomic mass is 35.5. The third-order valence-corrected chi connectivity index (χ3v) is 5.95. The molecule has 2 heterocycles. The first-order chi connectivity index (χ1) is 15.6. The van der Waals surface area contributed by atoms with Crippen LogP contribution >= 0.6 is 22.9 Å². The number of halogens is 1. The normalized spacial score (nSPS) is 12.1. The van der Waals surface area contributed by atoms with Gasteiger partial charge in [-0.2, -0.15) is 0 Å². The minimum absolute atomic E-state index is 0.182. The van der Waals surface area contributed by atoms with Gasteiger partial charge in [0, 0.05) is 17.2 Å². The Morgan fingerprint density at radius 2 is 1.81 bits per heavy atom. The number of carbonyl (C=O) groups excluding carboxylic acids is 1. The number of rotatable bonds is 5. The summed E-state index contributed by atoms with van der Waals surface area (Å²) < 4.78 is 1.04. The zero-order valence-electron chi connectivity index (χ0n) is 17.2. The highest BCUT2D eigenvalue weighted by Crippen LogP contribution is 2.28. The second-order valence-electron chi connectivity index (χ2n) is 6.72. The average molecular weight is 459 g/mol. The van der Waals surface area contributed by atoms with E-state index >= 15 is 0 Å². The van der Waals surface area contributed by atoms with Gasteiger partial charge in [-0.15, -0.1) is 11.3 Å². The van der Waals surface area contributed by atoms with Crippen LogP contribution in [0.3, 0.4) is 0 Å². The second kappa shape index (κ2) is 9.68. The van der Waals surface area contributed by atoms with Crippen molar-refractivity contribution in [1.82, 2.24) is 15.0 Å². The van der Waals surface area contributed by atoms with Crippen molar-refractivity contribution < 1.29 is 4.79 Å². The fraction of sp³-hybridized carbons (Fsp3) is 0.0400. The third-order valence-electron chi connectivity index (χ3n) is 4.58. The van der Waals surface area contributed by atoms with E-state index in [1.165, 1.54) is 6.07 Å². The van der Waals surface area contributed by atoms with Crippen LogP contribution in [0.2, 0.25) is 5.15 Å². The number of anilines is 1. The quantitative estimate of drug-likeness (QED) is 0.430. The number of para-hydroxylation sites is 1. The molecule has 158 valence electrons. The van der Waals surface area contributed by atoms with Gasteiger partial charge in [0.25, 0.3) is 5.91 Å². The first-order valence-electron chi connectivity index (χ1n) is 9.85. The minimum atomic E-state index is -0.379. The number of hydrogen-bond acceptors (Lipinski definition) is 5. The van der Waals surface area contributed by atoms with E-state index in [1.807, 2.05) is 73.7 Å². The maximum atomic E-state index is 13.1. The van der Waals surface area contributed by atoms with Crippen LogP contribution in [0, 0.1) is 0 Å². The van der Waals surface area contributed by atoms with Crippen molar-refractivity contribution in [2.24, 2.45) is 0 Å². The monoisotopic (exact) mass is 458 g/mol. The average Bonchev–Trinajstić information content (AvgIpc) is 3.22. The fourth-order valence-corrected chi connectivity index (χ4v) is 4.27. The molecule has 0 unspecified atom stereocenters. The molecular formula is C25H19ClN4OS. The first-order valence-corrected chi connectivity index (χ1v) is 11.0. The van der Waals surface area contributed by atoms with Crippen molar-refractivity contribution in [3.05, 3.63) is 94.0 Å². The van der Waals surface area contributed by atoms with Gasteiger partial charge in [-0.25, -0.2) is 15.0 Å². The highest BCUT2D eigenvalue weighted by molar-refractivity contribution is 7.13. The summed E-state index contributed by atoms with van der Waals surface area (Å²) in [4.78, 5) is 26.4. The lowest BCUT2D eigenvalue weighted by atomic mass is 10.1. The van der Waals surface area contributed by atoms with E-state index in [0.29, 0.717) is 11.5 Å². The van der Waals surface area contributed by atoms with E-state index in [-0.39, 0.29) is 16.8 Å². The molecule has 4 aromatic rings. The molecule has 0 aliphatic carbocycles. The Balaban J connectivity index is 1.70. The number of thiazole rings is 1. The summed E-state index contributed by atoms with van der Waals surface area (Å²) in [5.41, 5.74) is 2.42. The molecule has 0 atom stereocenters. The van der Waals surface area contributed by atoms with Gasteiger partial charge in [-0.3, -0.25) is 4.79 Å². The molecule has 32 heavy (non-hydrogen) atoms. The molecular weight excluding hydrogens is 440 g/mol. The molecule has 2 aromatic heterocycles. The standard InChI is InChI=1S/C25H19ClN4OS/c1-3-10-19-21(4-2)32-25(29-19)17-13-8-9-14-18(17)28-24(31)20-15-22(26)30-23(27-20)16-11-6-5-7-12-16/h3-15H,1H2,2H3,(H,28,31)/b19-10+,21-4+. The van der Waals surface area contributed by atoms with E-state index in [1.54, 1.807) is 17.4 Å². The van der Waals surface area contributed by atoms with Crippen LogP contribution in [0.5, 0.6) is 0 Å². The van der Waals surface area contributed by atoms with E-state index < -0.39 is 0 Å². The number of allylic oxidation sites excluding steroid dienone is 1. The molecule has 0 saturated heterocycles. The summed E-state index contributed by atoms with van der Waals surface area (Å²) in [7, 11) is 0. The van der Waals surface area contributed by atoms with Gasteiger partial charge in [0.1, 0.15) is 15.9 Å². The number of carbonyl (C=O) groups is 1. The van der Waals surface area contributed by atoms with E-state index in [2.05, 4.69) is 21.9 Å². The molecule has 0 bridgehead atoms. The van der Waals surface area contributed by atoms with Crippen molar-refractivity contribution >= 4 is 46.7 Å². The summed E-state index contributed by atoms with van der Waals surface area (Å²) in [5, 5.41) is 4.79. The fourth-order valence-electron chi connectivity index (χ4n) is 3.11. The molecule has 0 aliphatic heterocycles. The highest BCUT2D eigenvalue weighted by Gasteiger charge is 2.16. The van der Waals surface area contributed by atoms with Crippen LogP contribution in [0.1, 0.15) is 17.4 Å². The van der Waals surface area contributed by atoms with Crippen molar-refractivity contribution in [2.75, 3.05) is 5.32 Å². The Hall–Kier alpha value is -3.61. The lowest BCUT2D eigenvalue weighted by Gasteiger charge is -2.10. The Labute approximate surface area is 194 Å². The topological polar surface area (TPSA) is 67.8 Å². The van der Waals surface area contributed by atoms with Gasteiger partial charge in [0.15, 0.2) is 5.82 Å².